The fourth-order valence-electron chi connectivity index (χ4n) is 1.64. The second-order valence-corrected chi connectivity index (χ2v) is 4.87. The van der Waals surface area contributed by atoms with Gasteiger partial charge in [-0.1, -0.05) is 28.1 Å². The molecule has 0 atom stereocenters. The highest BCUT2D eigenvalue weighted by Crippen LogP contribution is 2.18. The summed E-state index contributed by atoms with van der Waals surface area (Å²) in [5.74, 6) is -0.0277. The number of esters is 1. The van der Waals surface area contributed by atoms with E-state index in [1.807, 2.05) is 12.1 Å². The van der Waals surface area contributed by atoms with Crippen LogP contribution in [0.25, 0.3) is 0 Å². The monoisotopic (exact) mass is 318 g/mol. The molecule has 0 unspecified atom stereocenters. The van der Waals surface area contributed by atoms with Crippen molar-refractivity contribution in [1.82, 2.24) is 0 Å². The first-order valence-electron chi connectivity index (χ1n) is 5.65. The molecule has 0 aliphatic rings. The zero-order chi connectivity index (χ0) is 13.8. The first kappa shape index (κ1) is 13.5. The molecule has 0 heterocycles. The molecule has 96 valence electrons. The van der Waals surface area contributed by atoms with E-state index in [1.165, 1.54) is 6.92 Å². The van der Waals surface area contributed by atoms with Crippen LogP contribution in [-0.4, -0.2) is 11.8 Å². The summed E-state index contributed by atoms with van der Waals surface area (Å²) in [7, 11) is 0. The highest BCUT2D eigenvalue weighted by Gasteiger charge is 2.09. The molecule has 2 aromatic rings. The van der Waals surface area contributed by atoms with Crippen LogP contribution in [0.1, 0.15) is 22.8 Å². The molecule has 0 bridgehead atoms. The van der Waals surface area contributed by atoms with Gasteiger partial charge in [0.2, 0.25) is 0 Å². The minimum atomic E-state index is -0.383. The molecular formula is C15H11BrO3. The van der Waals surface area contributed by atoms with Gasteiger partial charge in [-0.3, -0.25) is 9.59 Å². The molecule has 19 heavy (non-hydrogen) atoms. The van der Waals surface area contributed by atoms with Gasteiger partial charge < -0.3 is 4.74 Å². The minimum Gasteiger partial charge on any atom is -0.427 e. The van der Waals surface area contributed by atoms with Crippen molar-refractivity contribution >= 4 is 27.7 Å². The molecule has 2 rings (SSSR count). The van der Waals surface area contributed by atoms with Crippen molar-refractivity contribution in [2.24, 2.45) is 0 Å². The molecule has 0 aliphatic carbocycles. The molecule has 0 radical (unpaired) electrons. The summed E-state index contributed by atoms with van der Waals surface area (Å²) in [5.41, 5.74) is 1.16. The molecule has 0 saturated carbocycles. The van der Waals surface area contributed by atoms with E-state index in [4.69, 9.17) is 4.74 Å². The van der Waals surface area contributed by atoms with Gasteiger partial charge in [-0.15, -0.1) is 0 Å². The smallest absolute Gasteiger partial charge is 0.308 e. The maximum atomic E-state index is 12.2. The lowest BCUT2D eigenvalue weighted by Crippen LogP contribution is -2.03. The Morgan fingerprint density at radius 3 is 2.26 bits per heavy atom. The van der Waals surface area contributed by atoms with Gasteiger partial charge in [0.15, 0.2) is 5.78 Å². The van der Waals surface area contributed by atoms with E-state index in [0.717, 1.165) is 4.47 Å². The second kappa shape index (κ2) is 5.80. The average Bonchev–Trinajstić information content (AvgIpc) is 2.38. The van der Waals surface area contributed by atoms with Crippen molar-refractivity contribution in [2.75, 3.05) is 0 Å². The molecule has 0 aromatic heterocycles. The Hall–Kier alpha value is -1.94. The van der Waals surface area contributed by atoms with Gasteiger partial charge in [-0.2, -0.15) is 0 Å². The van der Waals surface area contributed by atoms with Gasteiger partial charge >= 0.3 is 5.97 Å². The van der Waals surface area contributed by atoms with Crippen LogP contribution in [0.3, 0.4) is 0 Å². The molecule has 0 spiro atoms. The van der Waals surface area contributed by atoms with Gasteiger partial charge in [-0.25, -0.2) is 0 Å². The van der Waals surface area contributed by atoms with Gasteiger partial charge in [-0.05, 0) is 36.4 Å². The lowest BCUT2D eigenvalue weighted by atomic mass is 10.0. The molecule has 4 heteroatoms. The second-order valence-electron chi connectivity index (χ2n) is 3.96. The van der Waals surface area contributed by atoms with E-state index in [2.05, 4.69) is 15.9 Å². The summed E-state index contributed by atoms with van der Waals surface area (Å²) in [5, 5.41) is 0. The fourth-order valence-corrected chi connectivity index (χ4v) is 2.04. The van der Waals surface area contributed by atoms with Crippen LogP contribution in [0.2, 0.25) is 0 Å². The first-order valence-corrected chi connectivity index (χ1v) is 6.44. The van der Waals surface area contributed by atoms with E-state index in [-0.39, 0.29) is 11.8 Å². The summed E-state index contributed by atoms with van der Waals surface area (Å²) in [6.07, 6.45) is 0. The van der Waals surface area contributed by atoms with E-state index >= 15 is 0 Å². The number of hydrogen-bond acceptors (Lipinski definition) is 3. The predicted octanol–water partition coefficient (Wildman–Crippen LogP) is 3.61. The van der Waals surface area contributed by atoms with Crippen LogP contribution in [0.15, 0.2) is 53.0 Å². The maximum absolute atomic E-state index is 12.2. The predicted molar refractivity (Wildman–Crippen MR) is 75.3 cm³/mol. The largest absolute Gasteiger partial charge is 0.427 e. The number of ketones is 1. The third-order valence-electron chi connectivity index (χ3n) is 2.46. The molecule has 0 N–H and O–H groups in total. The minimum absolute atomic E-state index is 0.0734. The average molecular weight is 319 g/mol. The third-order valence-corrected chi connectivity index (χ3v) is 2.96. The van der Waals surface area contributed by atoms with E-state index in [0.29, 0.717) is 16.9 Å². The topological polar surface area (TPSA) is 43.4 Å². The molecule has 0 amide bonds. The van der Waals surface area contributed by atoms with Crippen LogP contribution < -0.4 is 4.74 Å². The summed E-state index contributed by atoms with van der Waals surface area (Å²) in [4.78, 5) is 23.0. The van der Waals surface area contributed by atoms with Crippen LogP contribution in [-0.2, 0) is 4.79 Å². The SMILES string of the molecule is CC(=O)Oc1ccc(C(=O)c2cccc(Br)c2)cc1. The Kier molecular flexibility index (Phi) is 4.12. The summed E-state index contributed by atoms with van der Waals surface area (Å²) < 4.78 is 5.77. The quantitative estimate of drug-likeness (QED) is 0.493. The summed E-state index contributed by atoms with van der Waals surface area (Å²) in [6, 6.07) is 13.7. The fraction of sp³-hybridized carbons (Fsp3) is 0.0667. The first-order chi connectivity index (χ1) is 9.06. The number of rotatable bonds is 3. The lowest BCUT2D eigenvalue weighted by molar-refractivity contribution is -0.131. The summed E-state index contributed by atoms with van der Waals surface area (Å²) in [6.45, 7) is 1.33. The number of ether oxygens (including phenoxy) is 1. The molecule has 0 saturated heterocycles. The Balaban J connectivity index is 2.22. The highest BCUT2D eigenvalue weighted by atomic mass is 79.9. The number of benzene rings is 2. The van der Waals surface area contributed by atoms with Crippen LogP contribution in [0, 0.1) is 0 Å². The molecule has 2 aromatic carbocycles. The van der Waals surface area contributed by atoms with E-state index < -0.39 is 0 Å². The van der Waals surface area contributed by atoms with Gasteiger partial charge in [0.25, 0.3) is 0 Å². The summed E-state index contributed by atoms with van der Waals surface area (Å²) >= 11 is 3.33. The van der Waals surface area contributed by atoms with Gasteiger partial charge in [0.05, 0.1) is 0 Å². The highest BCUT2D eigenvalue weighted by molar-refractivity contribution is 9.10. The number of carbonyl (C=O) groups is 2. The zero-order valence-corrected chi connectivity index (χ0v) is 11.8. The van der Waals surface area contributed by atoms with Crippen LogP contribution >= 0.6 is 15.9 Å². The van der Waals surface area contributed by atoms with Gasteiger partial charge in [0.1, 0.15) is 5.75 Å². The number of halogens is 1. The molecular weight excluding hydrogens is 308 g/mol. The standard InChI is InChI=1S/C15H11BrO3/c1-10(17)19-14-7-5-11(6-8-14)15(18)12-3-2-4-13(16)9-12/h2-9H,1H3. The van der Waals surface area contributed by atoms with E-state index in [9.17, 15) is 9.59 Å². The Morgan fingerprint density at radius 2 is 1.68 bits per heavy atom. The number of carbonyl (C=O) groups excluding carboxylic acids is 2. The van der Waals surface area contributed by atoms with Crippen molar-refractivity contribution in [3.05, 3.63) is 64.1 Å². The molecule has 3 nitrogen and oxygen atoms in total. The van der Waals surface area contributed by atoms with Crippen molar-refractivity contribution in [3.8, 4) is 5.75 Å². The molecule has 0 aliphatic heterocycles. The maximum Gasteiger partial charge on any atom is 0.308 e. The van der Waals surface area contributed by atoms with Crippen molar-refractivity contribution in [3.63, 3.8) is 0 Å². The van der Waals surface area contributed by atoms with Crippen molar-refractivity contribution < 1.29 is 14.3 Å². The third kappa shape index (κ3) is 3.51. The Morgan fingerprint density at radius 1 is 1.00 bits per heavy atom. The van der Waals surface area contributed by atoms with Crippen LogP contribution in [0.4, 0.5) is 0 Å². The van der Waals surface area contributed by atoms with E-state index in [1.54, 1.807) is 36.4 Å². The van der Waals surface area contributed by atoms with Crippen molar-refractivity contribution in [2.45, 2.75) is 6.92 Å². The molecule has 0 fully saturated rings. The zero-order valence-electron chi connectivity index (χ0n) is 10.2. The lowest BCUT2D eigenvalue weighted by Gasteiger charge is -2.04. The van der Waals surface area contributed by atoms with Gasteiger partial charge in [0, 0.05) is 22.5 Å². The Bertz CT molecular complexity index is 618. The van der Waals surface area contributed by atoms with Crippen molar-refractivity contribution in [1.29, 1.82) is 0 Å². The van der Waals surface area contributed by atoms with Crippen LogP contribution in [0.5, 0.6) is 5.75 Å². The Labute approximate surface area is 119 Å². The number of hydrogen-bond donors (Lipinski definition) is 0. The normalized spacial score (nSPS) is 10.0.